The number of epoxide rings is 1. The molecule has 1 saturated heterocycles. The summed E-state index contributed by atoms with van der Waals surface area (Å²) < 4.78 is 27.0. The van der Waals surface area contributed by atoms with E-state index >= 15 is 0 Å². The molecular formula is C33H65IN8O9V2Y2-6. The molecule has 1 aromatic rings. The summed E-state index contributed by atoms with van der Waals surface area (Å²) in [6, 6.07) is 6.90. The number of imide groups is 1. The van der Waals surface area contributed by atoms with Crippen LogP contribution in [-0.2, 0) is 126 Å². The van der Waals surface area contributed by atoms with Crippen molar-refractivity contribution in [2.75, 3.05) is 86.9 Å². The topological polar surface area (TPSA) is 236 Å². The fourth-order valence-corrected chi connectivity index (χ4v) is 3.31. The number of nitrogens with two attached hydrogens (primary N) is 3. The number of nitrogens with zero attached hydrogens (tertiary/aromatic N) is 3. The van der Waals surface area contributed by atoms with E-state index in [0.29, 0.717) is 50.8 Å². The minimum absolute atomic E-state index is 0. The van der Waals surface area contributed by atoms with Crippen molar-refractivity contribution in [1.29, 1.82) is 0 Å². The Balaban J connectivity index is -0.0000000921. The third-order valence-electron chi connectivity index (χ3n) is 5.44. The number of ether oxygens (including phenoxy) is 5. The second-order valence-electron chi connectivity index (χ2n) is 9.52. The van der Waals surface area contributed by atoms with E-state index in [1.165, 1.54) is 11.9 Å². The molecule has 1 fully saturated rings. The Bertz CT molecular complexity index is 891. The maximum absolute atomic E-state index is 11.8. The average molecular weight is 1120 g/mol. The second kappa shape index (κ2) is 53.9. The van der Waals surface area contributed by atoms with Crippen LogP contribution in [0, 0.1) is 39.5 Å². The van der Waals surface area contributed by atoms with Crippen molar-refractivity contribution >= 4 is 34.4 Å². The first-order valence-corrected chi connectivity index (χ1v) is 16.8. The minimum atomic E-state index is -0.616. The summed E-state index contributed by atoms with van der Waals surface area (Å²) in [5, 5.41) is 23.7. The zero-order valence-electron chi connectivity index (χ0n) is 31.9. The molecule has 2 amide bonds. The fourth-order valence-electron chi connectivity index (χ4n) is 3.31. The molecule has 2 aliphatic rings. The molecule has 55 heavy (non-hydrogen) atoms. The molecule has 10 N–H and O–H groups in total. The van der Waals surface area contributed by atoms with Crippen LogP contribution in [-0.4, -0.2) is 142 Å². The largest absolute Gasteiger partial charge is 0.451 e. The zero-order valence-corrected chi connectivity index (χ0v) is 42.5. The number of hydrogen-bond donors (Lipinski definition) is 7. The minimum Gasteiger partial charge on any atom is -0.451 e. The van der Waals surface area contributed by atoms with Gasteiger partial charge in [-0.3, -0.25) is 47.1 Å². The standard InChI is InChI=1S/C11H26N4O4.C11H9NO3.C5H12N2O2.C2H4I.C2H5.CH5N.CH4.2V.2Y/c1-14(5-10(16)3-12)7-18-9-19-8-15(2)6-11(17)4-13;13-10-8-3-1-2-4-9(8)11(14)12(10)5-7-6-15-7;1-6-3-8-5-9-4-7-2;1-2-3;2*1-2;;;;;/h10-11,16-17H,1-9,12-13H2;1-4,7H,5-6H2;6-7H,1-5H2;2H,1H3;1H2,2H3;2H2,1H3;1H4;;;;/q-2;;-2;2*-1;;;;;;. The van der Waals surface area contributed by atoms with E-state index in [9.17, 15) is 19.8 Å². The van der Waals surface area contributed by atoms with E-state index in [0.717, 1.165) is 0 Å². The SMILES string of the molecule is C.CN.C[CH-]I.O=C1c2ccccc2C(=O)N1CC1CO1.[CH2-]C.[CH2-]N(COCOCN([CH2-])CC(O)CN)CC(O)CN.[CH2-]NCOCOCN[CH2-].[V].[V].[Y].[Y]. The van der Waals surface area contributed by atoms with Crippen LogP contribution >= 0.6 is 22.6 Å². The van der Waals surface area contributed by atoms with E-state index in [-0.39, 0.29) is 168 Å². The van der Waals surface area contributed by atoms with Gasteiger partial charge in [0.2, 0.25) is 0 Å². The zero-order chi connectivity index (χ0) is 38.7. The van der Waals surface area contributed by atoms with E-state index in [2.05, 4.69) is 74.1 Å². The van der Waals surface area contributed by atoms with Gasteiger partial charge in [-0.2, -0.15) is 13.8 Å². The van der Waals surface area contributed by atoms with Crippen LogP contribution in [0.2, 0.25) is 0 Å². The number of amides is 2. The van der Waals surface area contributed by atoms with Crippen LogP contribution in [0.1, 0.15) is 42.0 Å². The number of benzene rings is 1. The van der Waals surface area contributed by atoms with Crippen molar-refractivity contribution in [2.24, 2.45) is 17.2 Å². The second-order valence-corrected chi connectivity index (χ2v) is 10.8. The van der Waals surface area contributed by atoms with Gasteiger partial charge < -0.3 is 101 Å². The van der Waals surface area contributed by atoms with Crippen molar-refractivity contribution in [2.45, 2.75) is 39.6 Å². The first-order chi connectivity index (χ1) is 24.1. The number of fused-ring (bicyclic) bond motifs is 1. The summed E-state index contributed by atoms with van der Waals surface area (Å²) in [4.78, 5) is 28.0. The molecule has 0 saturated carbocycles. The molecule has 2 heterocycles. The van der Waals surface area contributed by atoms with Crippen LogP contribution in [0.25, 0.3) is 0 Å². The molecule has 0 bridgehead atoms. The molecule has 2 aliphatic heterocycles. The molecule has 22 heteroatoms. The molecular weight excluding hydrogens is 1060 g/mol. The summed E-state index contributed by atoms with van der Waals surface area (Å²) in [6.07, 6.45) is -1.18. The smallest absolute Gasteiger partial charge is 0.261 e. The van der Waals surface area contributed by atoms with Gasteiger partial charge in [0, 0.05) is 116 Å². The molecule has 3 rings (SSSR count). The van der Waals surface area contributed by atoms with Crippen LogP contribution in [0.4, 0.5) is 0 Å². The van der Waals surface area contributed by atoms with Gasteiger partial charge in [-0.15, -0.1) is 0 Å². The first kappa shape index (κ1) is 74.4. The maximum atomic E-state index is 11.8. The van der Waals surface area contributed by atoms with Gasteiger partial charge in [-0.1, -0.05) is 19.6 Å². The average Bonchev–Trinajstić information content (AvgIpc) is 3.93. The summed E-state index contributed by atoms with van der Waals surface area (Å²) in [5.74, 6) is -0.405. The Morgan fingerprint density at radius 1 is 0.891 bits per heavy atom. The number of rotatable bonds is 20. The van der Waals surface area contributed by atoms with Crippen molar-refractivity contribution in [3.8, 4) is 0 Å². The number of hydrogen-bond acceptors (Lipinski definition) is 16. The summed E-state index contributed by atoms with van der Waals surface area (Å²) in [6.45, 7) is 10.6. The Kier molecular flexibility index (Phi) is 72.9. The quantitative estimate of drug-likeness (QED) is 0.0238. The third-order valence-corrected chi connectivity index (χ3v) is 5.44. The third kappa shape index (κ3) is 42.4. The van der Waals surface area contributed by atoms with Crippen LogP contribution in [0.3, 0.4) is 0 Å². The van der Waals surface area contributed by atoms with E-state index in [1.54, 1.807) is 41.0 Å². The molecule has 1 aromatic carbocycles. The molecule has 0 aromatic heterocycles. The maximum Gasteiger partial charge on any atom is 0.261 e. The Labute approximate surface area is 419 Å². The molecule has 320 valence electrons. The van der Waals surface area contributed by atoms with E-state index in [1.807, 2.05) is 11.4 Å². The Morgan fingerprint density at radius 2 is 1.22 bits per heavy atom. The van der Waals surface area contributed by atoms with Crippen molar-refractivity contribution in [3.05, 3.63) is 74.9 Å². The molecule has 17 nitrogen and oxygen atoms in total. The fraction of sp³-hybridized carbons (Fsp3) is 0.576. The normalized spacial score (nSPS) is 13.7. The van der Waals surface area contributed by atoms with Gasteiger partial charge in [0.15, 0.2) is 0 Å². The van der Waals surface area contributed by atoms with Crippen LogP contribution in [0.15, 0.2) is 24.3 Å². The summed E-state index contributed by atoms with van der Waals surface area (Å²) in [7, 11) is 15.5. The number of aliphatic hydroxyl groups excluding tert-OH is 2. The monoisotopic (exact) mass is 1120 g/mol. The van der Waals surface area contributed by atoms with Gasteiger partial charge in [-0.25, -0.2) is 0 Å². The van der Waals surface area contributed by atoms with Crippen molar-refractivity contribution < 1.29 is 146 Å². The Hall–Kier alpha value is 1.91. The number of aliphatic hydroxyl groups is 2. The van der Waals surface area contributed by atoms with E-state index in [4.69, 9.17) is 35.2 Å². The van der Waals surface area contributed by atoms with Gasteiger partial charge in [0.05, 0.1) is 69.5 Å². The van der Waals surface area contributed by atoms with Crippen LogP contribution in [0.5, 0.6) is 0 Å². The van der Waals surface area contributed by atoms with Gasteiger partial charge in [0.1, 0.15) is 13.6 Å². The molecule has 3 unspecified atom stereocenters. The number of nitrogens with one attached hydrogen (secondary N) is 2. The number of carbonyl (C=O) groups excluding carboxylic acids is 2. The van der Waals surface area contributed by atoms with Crippen LogP contribution < -0.4 is 27.8 Å². The summed E-state index contributed by atoms with van der Waals surface area (Å²) >= 11 is 2.16. The number of halogens is 1. The Morgan fingerprint density at radius 3 is 1.51 bits per heavy atom. The predicted molar refractivity (Wildman–Crippen MR) is 208 cm³/mol. The van der Waals surface area contributed by atoms with Gasteiger partial charge in [-0.05, 0) is 32.3 Å². The molecule has 3 atom stereocenters. The van der Waals surface area contributed by atoms with Gasteiger partial charge in [0.25, 0.3) is 11.8 Å². The molecule has 0 spiro atoms. The molecule has 4 radical (unpaired) electrons. The first-order valence-electron chi connectivity index (χ1n) is 15.5. The molecule has 0 aliphatic carbocycles. The number of carbonyl (C=O) groups is 2. The van der Waals surface area contributed by atoms with Gasteiger partial charge >= 0.3 is 0 Å². The van der Waals surface area contributed by atoms with Crippen molar-refractivity contribution in [1.82, 2.24) is 25.3 Å². The van der Waals surface area contributed by atoms with E-state index < -0.39 is 12.2 Å². The van der Waals surface area contributed by atoms with Crippen molar-refractivity contribution in [3.63, 3.8) is 0 Å². The predicted octanol–water partition coefficient (Wildman–Crippen LogP) is 0.699. The summed E-state index contributed by atoms with van der Waals surface area (Å²) in [5.41, 5.74) is 16.0.